The number of hydrogen-bond donors (Lipinski definition) is 3. The molecular weight excluding hydrogens is 666 g/mol. The fraction of sp³-hybridized carbons (Fsp3) is 0.512. The maximum absolute atomic E-state index is 13.6. The van der Waals surface area contributed by atoms with Crippen molar-refractivity contribution in [3.63, 3.8) is 0 Å². The molecule has 3 atom stereocenters. The van der Waals surface area contributed by atoms with Crippen molar-refractivity contribution in [1.29, 1.82) is 0 Å². The zero-order valence-electron chi connectivity index (χ0n) is 30.3. The molecule has 0 aromatic heterocycles. The molecule has 278 valence electrons. The van der Waals surface area contributed by atoms with E-state index in [0.29, 0.717) is 54.5 Å². The van der Waals surface area contributed by atoms with E-state index in [1.54, 1.807) is 13.8 Å². The number of esters is 1. The van der Waals surface area contributed by atoms with Gasteiger partial charge in [0.15, 0.2) is 6.29 Å². The second kappa shape index (κ2) is 16.1. The van der Waals surface area contributed by atoms with Gasteiger partial charge >= 0.3 is 5.97 Å². The van der Waals surface area contributed by atoms with Crippen molar-refractivity contribution >= 4 is 29.7 Å². The number of ketones is 1. The quantitative estimate of drug-likeness (QED) is 0.139. The smallest absolute Gasteiger partial charge is 0.375 e. The van der Waals surface area contributed by atoms with Gasteiger partial charge in [0.25, 0.3) is 0 Å². The summed E-state index contributed by atoms with van der Waals surface area (Å²) in [5.74, 6) is -0.929. The third-order valence-electron chi connectivity index (χ3n) is 10.6. The highest BCUT2D eigenvalue weighted by Gasteiger charge is 2.46. The molecule has 6 rings (SSSR count). The molecule has 3 aliphatic heterocycles. The molecule has 0 radical (unpaired) electrons. The van der Waals surface area contributed by atoms with E-state index in [0.717, 1.165) is 47.4 Å². The van der Waals surface area contributed by atoms with E-state index in [4.69, 9.17) is 18.9 Å². The molecule has 1 fully saturated rings. The molecule has 52 heavy (non-hydrogen) atoms. The number of nitrogens with zero attached hydrogens (tertiary/aromatic N) is 1. The van der Waals surface area contributed by atoms with Gasteiger partial charge < -0.3 is 34.3 Å². The van der Waals surface area contributed by atoms with E-state index in [1.165, 1.54) is 0 Å². The lowest BCUT2D eigenvalue weighted by Crippen LogP contribution is -2.42. The van der Waals surface area contributed by atoms with E-state index in [-0.39, 0.29) is 73.3 Å². The molecule has 2 aromatic rings. The van der Waals surface area contributed by atoms with Crippen LogP contribution in [-0.2, 0) is 32.1 Å². The van der Waals surface area contributed by atoms with E-state index in [9.17, 15) is 29.7 Å². The highest BCUT2D eigenvalue weighted by atomic mass is 16.6. The summed E-state index contributed by atoms with van der Waals surface area (Å²) < 4.78 is 24.6. The standard InChI is InChI=1S/C41H49NO10/c1-4-6-7-8-15-41(3,48)33-21-28-36(51-33)30(23-45)38-35(37(28)50-18-9-17-43)34(29(22-44)39(52-38)40(47)49-5-2)26-11-13-32(46)27(20-26)24-10-12-31-25(19-24)14-16-42-31/h10,12,14,19,22,27,33,43,45,48H,4-9,11,13,15-18,20-21,23H2,1-3H3/t27-,33-,41-/m0/s1. The Bertz CT molecular complexity index is 1920. The van der Waals surface area contributed by atoms with Gasteiger partial charge in [0.05, 0.1) is 54.0 Å². The van der Waals surface area contributed by atoms with E-state index in [2.05, 4.69) is 11.9 Å². The number of carbonyl (C=O) groups is 3. The molecule has 1 aliphatic carbocycles. The molecule has 11 nitrogen and oxygen atoms in total. The largest absolute Gasteiger partial charge is 0.492 e. The normalized spacial score (nSPS) is 21.5. The van der Waals surface area contributed by atoms with Crippen molar-refractivity contribution in [3.8, 4) is 17.2 Å². The minimum atomic E-state index is -1.22. The summed E-state index contributed by atoms with van der Waals surface area (Å²) in [6.07, 6.45) is 7.65. The first-order chi connectivity index (χ1) is 25.2. The molecule has 0 spiro atoms. The third-order valence-corrected chi connectivity index (χ3v) is 10.6. The van der Waals surface area contributed by atoms with Gasteiger partial charge in [0.2, 0.25) is 5.76 Å². The van der Waals surface area contributed by atoms with Gasteiger partial charge in [-0.15, -0.1) is 0 Å². The molecule has 0 amide bonds. The number of hydrogen-bond acceptors (Lipinski definition) is 11. The number of rotatable bonds is 15. The Morgan fingerprint density at radius 3 is 2.65 bits per heavy atom. The lowest BCUT2D eigenvalue weighted by molar-refractivity contribution is -0.141. The maximum atomic E-state index is 13.6. The van der Waals surface area contributed by atoms with Crippen molar-refractivity contribution < 1.29 is 48.7 Å². The lowest BCUT2D eigenvalue weighted by Gasteiger charge is -2.32. The number of ether oxygens (including phenoxy) is 4. The van der Waals surface area contributed by atoms with Crippen LogP contribution in [0.25, 0.3) is 11.6 Å². The Balaban J connectivity index is 1.55. The fourth-order valence-corrected chi connectivity index (χ4v) is 7.80. The summed E-state index contributed by atoms with van der Waals surface area (Å²) >= 11 is 0. The van der Waals surface area contributed by atoms with Gasteiger partial charge in [-0.05, 0) is 56.0 Å². The second-order valence-corrected chi connectivity index (χ2v) is 14.1. The van der Waals surface area contributed by atoms with Gasteiger partial charge in [0, 0.05) is 42.9 Å². The Kier molecular flexibility index (Phi) is 11.6. The van der Waals surface area contributed by atoms with Crippen molar-refractivity contribution in [2.75, 3.05) is 26.4 Å². The van der Waals surface area contributed by atoms with Gasteiger partial charge in [-0.25, -0.2) is 4.79 Å². The molecule has 2 aromatic carbocycles. The van der Waals surface area contributed by atoms with Crippen LogP contribution in [0.15, 0.2) is 40.1 Å². The van der Waals surface area contributed by atoms with Gasteiger partial charge in [0.1, 0.15) is 29.1 Å². The summed E-state index contributed by atoms with van der Waals surface area (Å²) in [7, 11) is 0. The Morgan fingerprint density at radius 2 is 1.92 bits per heavy atom. The Hall–Kier alpha value is -4.32. The summed E-state index contributed by atoms with van der Waals surface area (Å²) in [6, 6.07) is 5.83. The van der Waals surface area contributed by atoms with Crippen LogP contribution in [0.5, 0.6) is 17.2 Å². The molecule has 0 unspecified atom stereocenters. The minimum Gasteiger partial charge on any atom is -0.492 e. The zero-order valence-corrected chi connectivity index (χ0v) is 30.3. The second-order valence-electron chi connectivity index (χ2n) is 14.1. The number of carbonyl (C=O) groups excluding carboxylic acids is 3. The van der Waals surface area contributed by atoms with Crippen LogP contribution in [0, 0.1) is 0 Å². The van der Waals surface area contributed by atoms with Crippen molar-refractivity contribution in [1.82, 2.24) is 0 Å². The molecule has 0 bridgehead atoms. The van der Waals surface area contributed by atoms with E-state index >= 15 is 0 Å². The Labute approximate surface area is 303 Å². The van der Waals surface area contributed by atoms with E-state index in [1.807, 2.05) is 24.3 Å². The molecule has 3 N–H and O–H groups in total. The fourth-order valence-electron chi connectivity index (χ4n) is 7.80. The number of aldehydes is 1. The Morgan fingerprint density at radius 1 is 1.10 bits per heavy atom. The summed E-state index contributed by atoms with van der Waals surface area (Å²) in [6.45, 7) is 5.58. The topological polar surface area (TPSA) is 161 Å². The first-order valence-electron chi connectivity index (χ1n) is 18.6. The summed E-state index contributed by atoms with van der Waals surface area (Å²) in [5.41, 5.74) is 1.93. The monoisotopic (exact) mass is 715 g/mol. The summed E-state index contributed by atoms with van der Waals surface area (Å²) in [5, 5.41) is 34.2. The van der Waals surface area contributed by atoms with Crippen LogP contribution in [-0.4, -0.2) is 71.4 Å². The lowest BCUT2D eigenvalue weighted by atomic mass is 9.75. The minimum absolute atomic E-state index is 0.0273. The molecule has 3 heterocycles. The van der Waals surface area contributed by atoms with Crippen LogP contribution in [0.2, 0.25) is 0 Å². The number of aliphatic hydroxyl groups is 3. The van der Waals surface area contributed by atoms with Crippen LogP contribution < -0.4 is 24.8 Å². The van der Waals surface area contributed by atoms with E-state index < -0.39 is 30.2 Å². The molecule has 4 aliphatic rings. The molecular formula is C41H49NO10. The van der Waals surface area contributed by atoms with Crippen LogP contribution in [0.4, 0.5) is 0 Å². The highest BCUT2D eigenvalue weighted by Crippen LogP contribution is 2.56. The van der Waals surface area contributed by atoms with Crippen LogP contribution >= 0.6 is 0 Å². The maximum Gasteiger partial charge on any atom is 0.375 e. The average Bonchev–Trinajstić information content (AvgIpc) is 3.81. The first-order valence-corrected chi connectivity index (χ1v) is 18.6. The predicted molar refractivity (Wildman–Crippen MR) is 192 cm³/mol. The van der Waals surface area contributed by atoms with Crippen LogP contribution in [0.3, 0.4) is 0 Å². The first kappa shape index (κ1) is 37.4. The SMILES string of the molecule is CCCCCC[C@](C)(O)[C@@H]1Cc2c(c(CO)c3c(c2OCCCO)C(=C2CCC(=O)[C@H](c4ccc5c(c4)=CCN=5)C2)C(C=O)=C(C(=O)OCC)O3)O1. The van der Waals surface area contributed by atoms with Gasteiger partial charge in [-0.2, -0.15) is 0 Å². The number of fused-ring (bicyclic) bond motifs is 3. The number of allylic oxidation sites excluding steroid dienone is 3. The van der Waals surface area contributed by atoms with Gasteiger partial charge in [-0.1, -0.05) is 50.3 Å². The predicted octanol–water partition coefficient (Wildman–Crippen LogP) is 4.08. The molecule has 0 saturated heterocycles. The van der Waals surface area contributed by atoms with Crippen molar-refractivity contribution in [2.24, 2.45) is 4.99 Å². The number of aliphatic hydroxyl groups excluding tert-OH is 2. The average molecular weight is 716 g/mol. The number of Topliss-reactive ketones (excluding diaryl/α,β-unsaturated/α-hetero) is 1. The zero-order chi connectivity index (χ0) is 37.0. The molecule has 1 saturated carbocycles. The third kappa shape index (κ3) is 7.18. The number of unbranched alkanes of at least 4 members (excludes halogenated alkanes) is 3. The molecule has 11 heteroatoms. The van der Waals surface area contributed by atoms with Crippen LogP contribution in [0.1, 0.15) is 107 Å². The number of benzene rings is 2. The van der Waals surface area contributed by atoms with Gasteiger partial charge in [-0.3, -0.25) is 14.6 Å². The highest BCUT2D eigenvalue weighted by molar-refractivity contribution is 6.11. The summed E-state index contributed by atoms with van der Waals surface area (Å²) in [4.78, 5) is 44.6. The van der Waals surface area contributed by atoms with Crippen molar-refractivity contribution in [3.05, 3.63) is 67.9 Å². The van der Waals surface area contributed by atoms with Crippen molar-refractivity contribution in [2.45, 2.75) is 109 Å².